The average Bonchev–Trinajstić information content (AvgIpc) is 3.32. The summed E-state index contributed by atoms with van der Waals surface area (Å²) in [5.74, 6) is 0.215. The van der Waals surface area contributed by atoms with Gasteiger partial charge in [-0.05, 0) is 35.9 Å². The summed E-state index contributed by atoms with van der Waals surface area (Å²) >= 11 is 0. The topological polar surface area (TPSA) is 83.6 Å². The van der Waals surface area contributed by atoms with E-state index in [1.54, 1.807) is 36.5 Å². The Morgan fingerprint density at radius 2 is 1.86 bits per heavy atom. The number of carbonyl (C=O) groups excluding carboxylic acids is 1. The van der Waals surface area contributed by atoms with Crippen LogP contribution in [0.1, 0.15) is 16.8 Å². The Morgan fingerprint density at radius 3 is 2.59 bits per heavy atom. The van der Waals surface area contributed by atoms with Crippen molar-refractivity contribution in [3.63, 3.8) is 0 Å². The summed E-state index contributed by atoms with van der Waals surface area (Å²) < 4.78 is 25.6. The molecule has 0 saturated carbocycles. The van der Waals surface area contributed by atoms with Crippen LogP contribution < -0.4 is 14.8 Å². The second kappa shape index (κ2) is 7.44. The number of rotatable bonds is 5. The third kappa shape index (κ3) is 3.15. The van der Waals surface area contributed by atoms with E-state index in [9.17, 15) is 14.3 Å². The number of fused-ring (bicyclic) bond motifs is 1. The Labute approximate surface area is 166 Å². The molecule has 148 valence electrons. The number of aromatic nitrogens is 1. The van der Waals surface area contributed by atoms with Gasteiger partial charge >= 0.3 is 0 Å². The first kappa shape index (κ1) is 18.8. The van der Waals surface area contributed by atoms with E-state index in [-0.39, 0.29) is 18.1 Å². The molecule has 3 aromatic rings. The molecule has 29 heavy (non-hydrogen) atoms. The van der Waals surface area contributed by atoms with Crippen LogP contribution in [-0.2, 0) is 11.4 Å². The van der Waals surface area contributed by atoms with Crippen molar-refractivity contribution in [2.45, 2.75) is 6.61 Å². The Balaban J connectivity index is 1.94. The fourth-order valence-electron chi connectivity index (χ4n) is 3.52. The Kier molecular flexibility index (Phi) is 4.82. The molecule has 0 spiro atoms. The van der Waals surface area contributed by atoms with E-state index in [1.807, 2.05) is 0 Å². The number of aliphatic hydroxyl groups excluding tert-OH is 1. The van der Waals surface area contributed by atoms with Crippen LogP contribution in [0.3, 0.4) is 0 Å². The Bertz CT molecular complexity index is 1130. The number of anilines is 1. The van der Waals surface area contributed by atoms with Crippen LogP contribution in [-0.4, -0.2) is 30.2 Å². The van der Waals surface area contributed by atoms with Crippen molar-refractivity contribution < 1.29 is 23.8 Å². The normalized spacial score (nSPS) is 14.1. The molecule has 2 heterocycles. The number of hydrogen-bond donors (Lipinski definition) is 3. The summed E-state index contributed by atoms with van der Waals surface area (Å²) in [6.07, 6.45) is 3.34. The lowest BCUT2D eigenvalue weighted by atomic mass is 9.93. The fraction of sp³-hybridized carbons (Fsp3) is 0.136. The summed E-state index contributed by atoms with van der Waals surface area (Å²) in [7, 11) is 3.02. The first-order valence-electron chi connectivity index (χ1n) is 8.92. The number of ether oxygens (including phenoxy) is 2. The lowest BCUT2D eigenvalue weighted by Gasteiger charge is -2.13. The fourth-order valence-corrected chi connectivity index (χ4v) is 3.52. The Hall–Kier alpha value is -3.58. The van der Waals surface area contributed by atoms with Crippen LogP contribution in [0.15, 0.2) is 42.6 Å². The van der Waals surface area contributed by atoms with E-state index >= 15 is 0 Å². The van der Waals surface area contributed by atoms with Crippen molar-refractivity contribution in [2.24, 2.45) is 0 Å². The number of halogens is 1. The highest BCUT2D eigenvalue weighted by Gasteiger charge is 2.30. The molecule has 0 atom stereocenters. The molecule has 6 nitrogen and oxygen atoms in total. The molecular weight excluding hydrogens is 375 g/mol. The second-order valence-electron chi connectivity index (χ2n) is 6.50. The Morgan fingerprint density at radius 1 is 1.07 bits per heavy atom. The van der Waals surface area contributed by atoms with Gasteiger partial charge in [-0.25, -0.2) is 4.39 Å². The number of carbonyl (C=O) groups is 1. The van der Waals surface area contributed by atoms with E-state index in [0.29, 0.717) is 45.1 Å². The quantitative estimate of drug-likeness (QED) is 0.575. The van der Waals surface area contributed by atoms with Gasteiger partial charge in [-0.2, -0.15) is 0 Å². The van der Waals surface area contributed by atoms with Gasteiger partial charge in [0.15, 0.2) is 0 Å². The van der Waals surface area contributed by atoms with Gasteiger partial charge in [0, 0.05) is 28.6 Å². The van der Waals surface area contributed by atoms with E-state index < -0.39 is 5.82 Å². The second-order valence-corrected chi connectivity index (χ2v) is 6.50. The number of benzene rings is 2. The lowest BCUT2D eigenvalue weighted by molar-refractivity contribution is -0.110. The molecule has 1 aliphatic heterocycles. The monoisotopic (exact) mass is 394 g/mol. The van der Waals surface area contributed by atoms with Crippen LogP contribution in [0.5, 0.6) is 11.5 Å². The third-order valence-electron chi connectivity index (χ3n) is 4.91. The highest BCUT2D eigenvalue weighted by molar-refractivity contribution is 6.36. The maximum absolute atomic E-state index is 15.0. The van der Waals surface area contributed by atoms with Gasteiger partial charge in [-0.15, -0.1) is 0 Å². The summed E-state index contributed by atoms with van der Waals surface area (Å²) in [5, 5.41) is 12.2. The highest BCUT2D eigenvalue weighted by Crippen LogP contribution is 2.43. The first-order chi connectivity index (χ1) is 14.1. The summed E-state index contributed by atoms with van der Waals surface area (Å²) in [5.41, 5.74) is 3.31. The zero-order chi connectivity index (χ0) is 20.5. The predicted octanol–water partition coefficient (Wildman–Crippen LogP) is 3.82. The van der Waals surface area contributed by atoms with Gasteiger partial charge in [0.1, 0.15) is 17.3 Å². The molecule has 2 aromatic carbocycles. The number of methoxy groups -OCH3 is 2. The molecular formula is C22H19FN2O4. The maximum Gasteiger partial charge on any atom is 0.256 e. The zero-order valence-corrected chi connectivity index (χ0v) is 15.9. The van der Waals surface area contributed by atoms with E-state index in [0.717, 1.165) is 0 Å². The van der Waals surface area contributed by atoms with Crippen molar-refractivity contribution in [3.05, 3.63) is 65.2 Å². The van der Waals surface area contributed by atoms with Gasteiger partial charge in [0.25, 0.3) is 5.91 Å². The van der Waals surface area contributed by atoms with Crippen molar-refractivity contribution in [1.29, 1.82) is 0 Å². The van der Waals surface area contributed by atoms with Gasteiger partial charge in [-0.3, -0.25) is 4.79 Å². The molecule has 1 aromatic heterocycles. The number of nitrogens with one attached hydrogen (secondary N) is 2. The van der Waals surface area contributed by atoms with Crippen LogP contribution in [0, 0.1) is 5.82 Å². The van der Waals surface area contributed by atoms with Gasteiger partial charge < -0.3 is 24.9 Å². The molecule has 7 heteroatoms. The molecule has 0 unspecified atom stereocenters. The number of H-pyrrole nitrogens is 1. The summed E-state index contributed by atoms with van der Waals surface area (Å²) in [6.45, 7) is -0.198. The van der Waals surface area contributed by atoms with Gasteiger partial charge in [0.05, 0.1) is 32.1 Å². The van der Waals surface area contributed by atoms with E-state index in [4.69, 9.17) is 9.47 Å². The number of hydrogen-bond acceptors (Lipinski definition) is 4. The highest BCUT2D eigenvalue weighted by atomic mass is 19.1. The largest absolute Gasteiger partial charge is 0.496 e. The third-order valence-corrected chi connectivity index (χ3v) is 4.91. The molecule has 1 aliphatic rings. The van der Waals surface area contributed by atoms with Gasteiger partial charge in [0.2, 0.25) is 0 Å². The molecule has 1 amide bonds. The van der Waals surface area contributed by atoms with Crippen molar-refractivity contribution in [1.82, 2.24) is 4.98 Å². The minimum absolute atomic E-state index is 0.198. The molecule has 3 N–H and O–H groups in total. The zero-order valence-electron chi connectivity index (χ0n) is 15.9. The van der Waals surface area contributed by atoms with Crippen LogP contribution in [0.4, 0.5) is 10.1 Å². The van der Waals surface area contributed by atoms with Crippen LogP contribution in [0.2, 0.25) is 0 Å². The SMILES string of the molecule is COc1cc(-c2c(F)ccc3c2C(=Cc2[nH]ccc2OC)C(=O)N3)ccc1CO. The van der Waals surface area contributed by atoms with Crippen LogP contribution in [0.25, 0.3) is 22.8 Å². The average molecular weight is 394 g/mol. The molecule has 0 radical (unpaired) electrons. The number of aliphatic hydroxyl groups is 1. The van der Waals surface area contributed by atoms with Crippen molar-refractivity contribution in [3.8, 4) is 22.6 Å². The predicted molar refractivity (Wildman–Crippen MR) is 108 cm³/mol. The van der Waals surface area contributed by atoms with Crippen molar-refractivity contribution >= 4 is 23.2 Å². The van der Waals surface area contributed by atoms with Crippen LogP contribution >= 0.6 is 0 Å². The molecule has 0 saturated heterocycles. The smallest absolute Gasteiger partial charge is 0.256 e. The number of amides is 1. The number of aromatic amines is 1. The summed E-state index contributed by atoms with van der Waals surface area (Å²) in [6, 6.07) is 9.62. The van der Waals surface area contributed by atoms with E-state index in [1.165, 1.54) is 26.4 Å². The van der Waals surface area contributed by atoms with Crippen molar-refractivity contribution in [2.75, 3.05) is 19.5 Å². The molecule has 0 bridgehead atoms. The lowest BCUT2D eigenvalue weighted by Crippen LogP contribution is -2.03. The standard InChI is InChI=1S/C22H19FN2O4/c1-28-18-7-8-24-17(18)10-14-21-16(25-22(14)27)6-5-15(23)20(21)12-3-4-13(11-26)19(9-12)29-2/h3-10,24,26H,11H2,1-2H3,(H,25,27). The minimum atomic E-state index is -0.469. The molecule has 0 fully saturated rings. The minimum Gasteiger partial charge on any atom is -0.496 e. The van der Waals surface area contributed by atoms with Gasteiger partial charge in [-0.1, -0.05) is 12.1 Å². The molecule has 4 rings (SSSR count). The molecule has 0 aliphatic carbocycles. The first-order valence-corrected chi connectivity index (χ1v) is 8.92. The van der Waals surface area contributed by atoms with E-state index in [2.05, 4.69) is 10.3 Å². The maximum atomic E-state index is 15.0. The summed E-state index contributed by atoms with van der Waals surface area (Å²) in [4.78, 5) is 15.7.